The van der Waals surface area contributed by atoms with Crippen LogP contribution in [0.2, 0.25) is 0 Å². The van der Waals surface area contributed by atoms with Gasteiger partial charge in [-0.1, -0.05) is 18.7 Å². The molecule has 1 aromatic heterocycles. The molecule has 1 heterocycles. The van der Waals surface area contributed by atoms with E-state index in [1.54, 1.807) is 6.92 Å². The first-order valence-electron chi connectivity index (χ1n) is 5.85. The Morgan fingerprint density at radius 2 is 2.16 bits per heavy atom. The van der Waals surface area contributed by atoms with E-state index in [1.807, 2.05) is 18.7 Å². The lowest BCUT2D eigenvalue weighted by molar-refractivity contribution is 0.0685. The van der Waals surface area contributed by atoms with Gasteiger partial charge in [0.1, 0.15) is 10.6 Å². The Morgan fingerprint density at radius 1 is 1.53 bits per heavy atom. The van der Waals surface area contributed by atoms with Crippen molar-refractivity contribution in [3.05, 3.63) is 18.0 Å². The van der Waals surface area contributed by atoms with Crippen molar-refractivity contribution in [3.63, 3.8) is 0 Å². The molecule has 0 aliphatic rings. The number of hydrogen-bond donors (Lipinski definition) is 2. The molecule has 108 valence electrons. The molecule has 7 nitrogen and oxygen atoms in total. The summed E-state index contributed by atoms with van der Waals surface area (Å²) in [7, 11) is -3.86. The SMILES string of the molecule is CCn1cc(S(=O)(=O)NOCC(C)C)cc1C(=O)O. The Morgan fingerprint density at radius 3 is 2.58 bits per heavy atom. The number of aromatic carboxylic acids is 1. The molecule has 19 heavy (non-hydrogen) atoms. The van der Waals surface area contributed by atoms with Gasteiger partial charge in [0.25, 0.3) is 10.0 Å². The van der Waals surface area contributed by atoms with Gasteiger partial charge in [-0.15, -0.1) is 0 Å². The number of rotatable bonds is 7. The van der Waals surface area contributed by atoms with Crippen LogP contribution in [0.4, 0.5) is 0 Å². The summed E-state index contributed by atoms with van der Waals surface area (Å²) in [5, 5.41) is 8.96. The normalized spacial score (nSPS) is 12.0. The first kappa shape index (κ1) is 15.7. The van der Waals surface area contributed by atoms with E-state index >= 15 is 0 Å². The monoisotopic (exact) mass is 290 g/mol. The highest BCUT2D eigenvalue weighted by Crippen LogP contribution is 2.14. The number of hydrogen-bond acceptors (Lipinski definition) is 4. The number of aromatic nitrogens is 1. The predicted octanol–water partition coefficient (Wildman–Crippen LogP) is 1.07. The fourth-order valence-corrected chi connectivity index (χ4v) is 2.25. The van der Waals surface area contributed by atoms with Gasteiger partial charge in [0, 0.05) is 12.7 Å². The number of carbonyl (C=O) groups is 1. The van der Waals surface area contributed by atoms with E-state index in [2.05, 4.69) is 0 Å². The minimum Gasteiger partial charge on any atom is -0.477 e. The summed E-state index contributed by atoms with van der Waals surface area (Å²) in [5.74, 6) is -0.996. The number of nitrogens with zero attached hydrogens (tertiary/aromatic N) is 1. The van der Waals surface area contributed by atoms with E-state index in [0.29, 0.717) is 6.54 Å². The fourth-order valence-electron chi connectivity index (χ4n) is 1.40. The molecule has 0 spiro atoms. The van der Waals surface area contributed by atoms with Crippen LogP contribution >= 0.6 is 0 Å². The predicted molar refractivity (Wildman–Crippen MR) is 68.2 cm³/mol. The Balaban J connectivity index is 2.92. The maximum absolute atomic E-state index is 11.9. The van der Waals surface area contributed by atoms with Crippen molar-refractivity contribution in [2.24, 2.45) is 5.92 Å². The Hall–Kier alpha value is -1.38. The first-order chi connectivity index (χ1) is 8.77. The Bertz CT molecular complexity index is 547. The topological polar surface area (TPSA) is 97.6 Å². The van der Waals surface area contributed by atoms with Crippen molar-refractivity contribution in [2.45, 2.75) is 32.2 Å². The lowest BCUT2D eigenvalue weighted by Gasteiger charge is -2.07. The van der Waals surface area contributed by atoms with Crippen molar-refractivity contribution in [1.29, 1.82) is 0 Å². The van der Waals surface area contributed by atoms with Crippen LogP contribution in [0.3, 0.4) is 0 Å². The lowest BCUT2D eigenvalue weighted by atomic mass is 10.2. The molecule has 0 radical (unpaired) electrons. The highest BCUT2D eigenvalue weighted by atomic mass is 32.2. The van der Waals surface area contributed by atoms with E-state index in [9.17, 15) is 13.2 Å². The van der Waals surface area contributed by atoms with Gasteiger partial charge >= 0.3 is 5.97 Å². The van der Waals surface area contributed by atoms with Crippen LogP contribution < -0.4 is 4.89 Å². The second-order valence-corrected chi connectivity index (χ2v) is 6.09. The van der Waals surface area contributed by atoms with Gasteiger partial charge in [-0.2, -0.15) is 0 Å². The largest absolute Gasteiger partial charge is 0.477 e. The molecule has 0 aliphatic carbocycles. The summed E-state index contributed by atoms with van der Waals surface area (Å²) in [4.78, 5) is 17.7. The van der Waals surface area contributed by atoms with Crippen molar-refractivity contribution >= 4 is 16.0 Å². The molecule has 0 atom stereocenters. The third-order valence-electron chi connectivity index (χ3n) is 2.33. The van der Waals surface area contributed by atoms with Gasteiger partial charge in [0.05, 0.1) is 6.61 Å². The third kappa shape index (κ3) is 4.05. The number of aryl methyl sites for hydroxylation is 1. The minimum atomic E-state index is -3.86. The maximum atomic E-state index is 11.9. The smallest absolute Gasteiger partial charge is 0.352 e. The molecule has 0 bridgehead atoms. The van der Waals surface area contributed by atoms with E-state index in [0.717, 1.165) is 6.07 Å². The van der Waals surface area contributed by atoms with Gasteiger partial charge in [-0.3, -0.25) is 4.84 Å². The number of sulfonamides is 1. The first-order valence-corrected chi connectivity index (χ1v) is 7.33. The summed E-state index contributed by atoms with van der Waals surface area (Å²) in [5.41, 5.74) is -0.0771. The number of carboxylic acid groups (broad SMARTS) is 1. The summed E-state index contributed by atoms with van der Waals surface area (Å²) in [6.45, 7) is 6.09. The zero-order valence-electron chi connectivity index (χ0n) is 11.1. The quantitative estimate of drug-likeness (QED) is 0.732. The highest BCUT2D eigenvalue weighted by molar-refractivity contribution is 7.89. The van der Waals surface area contributed by atoms with Crippen LogP contribution in [0, 0.1) is 5.92 Å². The fraction of sp³-hybridized carbons (Fsp3) is 0.545. The van der Waals surface area contributed by atoms with Crippen LogP contribution in [0.15, 0.2) is 17.2 Å². The average Bonchev–Trinajstić information content (AvgIpc) is 2.72. The van der Waals surface area contributed by atoms with Crippen LogP contribution in [-0.2, 0) is 21.4 Å². The van der Waals surface area contributed by atoms with Crippen molar-refractivity contribution in [1.82, 2.24) is 9.45 Å². The molecule has 1 rings (SSSR count). The second kappa shape index (κ2) is 6.18. The highest BCUT2D eigenvalue weighted by Gasteiger charge is 2.21. The summed E-state index contributed by atoms with van der Waals surface area (Å²) in [6, 6.07) is 1.10. The van der Waals surface area contributed by atoms with Crippen LogP contribution in [0.1, 0.15) is 31.3 Å². The van der Waals surface area contributed by atoms with Gasteiger partial charge in [0.2, 0.25) is 0 Å². The van der Waals surface area contributed by atoms with Crippen molar-refractivity contribution in [3.8, 4) is 0 Å². The van der Waals surface area contributed by atoms with Crippen molar-refractivity contribution in [2.75, 3.05) is 6.61 Å². The summed E-state index contributed by atoms with van der Waals surface area (Å²) < 4.78 is 25.1. The molecule has 2 N–H and O–H groups in total. The molecule has 0 amide bonds. The molecule has 8 heteroatoms. The Kier molecular flexibility index (Phi) is 5.10. The van der Waals surface area contributed by atoms with Gasteiger partial charge < -0.3 is 9.67 Å². The molecule has 0 aromatic carbocycles. The lowest BCUT2D eigenvalue weighted by Crippen LogP contribution is -2.25. The Labute approximate surface area is 112 Å². The molecule has 0 fully saturated rings. The van der Waals surface area contributed by atoms with Crippen molar-refractivity contribution < 1.29 is 23.2 Å². The van der Waals surface area contributed by atoms with E-state index in [1.165, 1.54) is 10.8 Å². The molecular formula is C11H18N2O5S. The zero-order chi connectivity index (χ0) is 14.6. The molecule has 0 aliphatic heterocycles. The maximum Gasteiger partial charge on any atom is 0.352 e. The van der Waals surface area contributed by atoms with E-state index in [4.69, 9.17) is 9.94 Å². The van der Waals surface area contributed by atoms with Crippen LogP contribution in [-0.4, -0.2) is 30.7 Å². The van der Waals surface area contributed by atoms with Gasteiger partial charge in [-0.05, 0) is 18.9 Å². The number of nitrogens with one attached hydrogen (secondary N) is 1. The molecule has 0 saturated heterocycles. The van der Waals surface area contributed by atoms with E-state index < -0.39 is 16.0 Å². The summed E-state index contributed by atoms with van der Waals surface area (Å²) in [6.07, 6.45) is 1.27. The van der Waals surface area contributed by atoms with E-state index in [-0.39, 0.29) is 23.1 Å². The van der Waals surface area contributed by atoms with Crippen LogP contribution in [0.5, 0.6) is 0 Å². The number of carboxylic acids is 1. The minimum absolute atomic E-state index is 0.0771. The van der Waals surface area contributed by atoms with Crippen LogP contribution in [0.25, 0.3) is 0 Å². The molecule has 0 saturated carbocycles. The average molecular weight is 290 g/mol. The van der Waals surface area contributed by atoms with Gasteiger partial charge in [0.15, 0.2) is 0 Å². The second-order valence-electron chi connectivity index (χ2n) is 4.44. The molecular weight excluding hydrogens is 272 g/mol. The third-order valence-corrected chi connectivity index (χ3v) is 3.51. The zero-order valence-corrected chi connectivity index (χ0v) is 11.9. The summed E-state index contributed by atoms with van der Waals surface area (Å²) >= 11 is 0. The van der Waals surface area contributed by atoms with Gasteiger partial charge in [-0.25, -0.2) is 13.2 Å². The standard InChI is InChI=1S/C11H18N2O5S/c1-4-13-6-9(5-10(13)11(14)15)19(16,17)12-18-7-8(2)3/h5-6,8,12H,4,7H2,1-3H3,(H,14,15). The molecule has 1 aromatic rings. The molecule has 0 unspecified atom stereocenters.